The topological polar surface area (TPSA) is 68.4 Å². The maximum atomic E-state index is 11.4. The fraction of sp³-hybridized carbons (Fsp3) is 0.158. The number of aldehydes is 1. The van der Waals surface area contributed by atoms with E-state index < -0.39 is 5.97 Å². The molecule has 0 amide bonds. The van der Waals surface area contributed by atoms with Gasteiger partial charge in [-0.15, -0.1) is 0 Å². The number of aromatic amines is 1. The number of nitrogens with one attached hydrogen (secondary N) is 1. The second-order valence-corrected chi connectivity index (χ2v) is 5.88. The van der Waals surface area contributed by atoms with Crippen LogP contribution in [0.2, 0.25) is 5.02 Å². The Morgan fingerprint density at radius 1 is 1.20 bits per heavy atom. The quantitative estimate of drug-likeness (QED) is 0.534. The van der Waals surface area contributed by atoms with Crippen molar-refractivity contribution in [3.63, 3.8) is 0 Å². The first-order valence-corrected chi connectivity index (χ1v) is 8.06. The van der Waals surface area contributed by atoms with Crippen molar-refractivity contribution in [3.8, 4) is 5.75 Å². The van der Waals surface area contributed by atoms with Gasteiger partial charge < -0.3 is 14.5 Å². The Bertz CT molecular complexity index is 915. The molecule has 3 rings (SSSR count). The van der Waals surface area contributed by atoms with Crippen molar-refractivity contribution >= 4 is 34.8 Å². The second kappa shape index (κ2) is 7.40. The van der Waals surface area contributed by atoms with Crippen LogP contribution in [0.25, 0.3) is 10.9 Å². The number of hydrogen-bond acceptors (Lipinski definition) is 4. The molecule has 25 heavy (non-hydrogen) atoms. The van der Waals surface area contributed by atoms with E-state index in [-0.39, 0.29) is 0 Å². The molecule has 0 unspecified atom stereocenters. The standard InChI is InChI=1S/C19H16ClNO4/c1-24-19(23)12-2-5-14(6-3-12)25-9-8-15-16-10-13(20)4-7-17(16)21-18(15)11-22/h2-7,10-11,21H,8-9H2,1H3. The highest BCUT2D eigenvalue weighted by Gasteiger charge is 2.12. The zero-order valence-electron chi connectivity index (χ0n) is 13.5. The molecular weight excluding hydrogens is 342 g/mol. The fourth-order valence-corrected chi connectivity index (χ4v) is 2.86. The van der Waals surface area contributed by atoms with E-state index in [0.717, 1.165) is 22.8 Å². The van der Waals surface area contributed by atoms with Crippen molar-refractivity contribution in [2.24, 2.45) is 0 Å². The number of aromatic nitrogens is 1. The van der Waals surface area contributed by atoms with Crippen molar-refractivity contribution < 1.29 is 19.1 Å². The lowest BCUT2D eigenvalue weighted by Crippen LogP contribution is -2.04. The minimum atomic E-state index is -0.391. The lowest BCUT2D eigenvalue weighted by Gasteiger charge is -2.07. The Balaban J connectivity index is 1.71. The fourth-order valence-electron chi connectivity index (χ4n) is 2.69. The molecule has 0 radical (unpaired) electrons. The Kier molecular flexibility index (Phi) is 5.05. The first kappa shape index (κ1) is 17.0. The predicted molar refractivity (Wildman–Crippen MR) is 95.7 cm³/mol. The number of hydrogen-bond donors (Lipinski definition) is 1. The Morgan fingerprint density at radius 3 is 2.64 bits per heavy atom. The van der Waals surface area contributed by atoms with Crippen LogP contribution in [0.15, 0.2) is 42.5 Å². The van der Waals surface area contributed by atoms with Crippen molar-refractivity contribution in [1.29, 1.82) is 0 Å². The van der Waals surface area contributed by atoms with Crippen molar-refractivity contribution in [2.45, 2.75) is 6.42 Å². The van der Waals surface area contributed by atoms with Gasteiger partial charge in [0.15, 0.2) is 6.29 Å². The minimum Gasteiger partial charge on any atom is -0.493 e. The third kappa shape index (κ3) is 3.67. The van der Waals surface area contributed by atoms with Gasteiger partial charge in [0.25, 0.3) is 0 Å². The van der Waals surface area contributed by atoms with Gasteiger partial charge in [-0.05, 0) is 48.0 Å². The van der Waals surface area contributed by atoms with Crippen LogP contribution in [0, 0.1) is 0 Å². The van der Waals surface area contributed by atoms with Crippen molar-refractivity contribution in [2.75, 3.05) is 13.7 Å². The number of methoxy groups -OCH3 is 1. The number of halogens is 1. The summed E-state index contributed by atoms with van der Waals surface area (Å²) in [6.45, 7) is 0.387. The molecule has 0 aliphatic carbocycles. The summed E-state index contributed by atoms with van der Waals surface area (Å²) >= 11 is 6.05. The van der Waals surface area contributed by atoms with E-state index in [1.54, 1.807) is 30.3 Å². The molecular formula is C19H16ClNO4. The molecule has 0 fully saturated rings. The average Bonchev–Trinajstić information content (AvgIpc) is 2.98. The number of H-pyrrole nitrogens is 1. The van der Waals surface area contributed by atoms with Crippen LogP contribution in [0.5, 0.6) is 5.75 Å². The molecule has 0 aliphatic rings. The van der Waals surface area contributed by atoms with Crippen LogP contribution in [0.4, 0.5) is 0 Å². The average molecular weight is 358 g/mol. The molecule has 2 aromatic carbocycles. The largest absolute Gasteiger partial charge is 0.493 e. The first-order chi connectivity index (χ1) is 12.1. The SMILES string of the molecule is COC(=O)c1ccc(OCCc2c(C=O)[nH]c3ccc(Cl)cc23)cc1. The smallest absolute Gasteiger partial charge is 0.337 e. The van der Waals surface area contributed by atoms with Gasteiger partial charge in [0.1, 0.15) is 5.75 Å². The van der Waals surface area contributed by atoms with Gasteiger partial charge in [0.05, 0.1) is 25.0 Å². The number of fused-ring (bicyclic) bond motifs is 1. The normalized spacial score (nSPS) is 10.6. The highest BCUT2D eigenvalue weighted by Crippen LogP contribution is 2.25. The lowest BCUT2D eigenvalue weighted by molar-refractivity contribution is 0.0600. The van der Waals surface area contributed by atoms with Gasteiger partial charge in [0, 0.05) is 22.3 Å². The van der Waals surface area contributed by atoms with Gasteiger partial charge in [0.2, 0.25) is 0 Å². The molecule has 0 saturated heterocycles. The summed E-state index contributed by atoms with van der Waals surface area (Å²) in [5, 5.41) is 1.53. The van der Waals surface area contributed by atoms with E-state index in [1.165, 1.54) is 7.11 Å². The molecule has 5 nitrogen and oxygen atoms in total. The number of rotatable bonds is 6. The summed E-state index contributed by atoms with van der Waals surface area (Å²) in [7, 11) is 1.34. The Labute approximate surface area is 149 Å². The molecule has 0 saturated carbocycles. The van der Waals surface area contributed by atoms with Crippen LogP contribution in [0.1, 0.15) is 26.4 Å². The van der Waals surface area contributed by atoms with E-state index in [0.29, 0.717) is 35.1 Å². The third-order valence-corrected chi connectivity index (χ3v) is 4.15. The van der Waals surface area contributed by atoms with Crippen LogP contribution < -0.4 is 4.74 Å². The molecule has 1 N–H and O–H groups in total. The molecule has 0 atom stereocenters. The van der Waals surface area contributed by atoms with E-state index in [2.05, 4.69) is 9.72 Å². The minimum absolute atomic E-state index is 0.387. The maximum absolute atomic E-state index is 11.4. The highest BCUT2D eigenvalue weighted by atomic mass is 35.5. The molecule has 0 aliphatic heterocycles. The molecule has 0 spiro atoms. The lowest BCUT2D eigenvalue weighted by atomic mass is 10.1. The predicted octanol–water partition coefficient (Wildman–Crippen LogP) is 4.04. The molecule has 1 heterocycles. The van der Waals surface area contributed by atoms with Crippen LogP contribution in [0.3, 0.4) is 0 Å². The highest BCUT2D eigenvalue weighted by molar-refractivity contribution is 6.31. The van der Waals surface area contributed by atoms with Crippen molar-refractivity contribution in [1.82, 2.24) is 4.98 Å². The Morgan fingerprint density at radius 2 is 1.96 bits per heavy atom. The number of ether oxygens (including phenoxy) is 2. The number of esters is 1. The molecule has 128 valence electrons. The first-order valence-electron chi connectivity index (χ1n) is 7.69. The van der Waals surface area contributed by atoms with Gasteiger partial charge in [-0.2, -0.15) is 0 Å². The summed E-state index contributed by atoms with van der Waals surface area (Å²) in [5.74, 6) is 0.246. The summed E-state index contributed by atoms with van der Waals surface area (Å²) in [5.41, 5.74) is 2.73. The van der Waals surface area contributed by atoms with Crippen LogP contribution in [-0.2, 0) is 11.2 Å². The number of benzene rings is 2. The van der Waals surface area contributed by atoms with E-state index in [1.807, 2.05) is 12.1 Å². The maximum Gasteiger partial charge on any atom is 0.337 e. The Hall–Kier alpha value is -2.79. The zero-order valence-corrected chi connectivity index (χ0v) is 14.3. The summed E-state index contributed by atoms with van der Waals surface area (Å²) in [6, 6.07) is 12.2. The van der Waals surface area contributed by atoms with Gasteiger partial charge in [-0.25, -0.2) is 4.79 Å². The summed E-state index contributed by atoms with van der Waals surface area (Å²) in [6.07, 6.45) is 1.35. The number of carbonyl (C=O) groups excluding carboxylic acids is 2. The van der Waals surface area contributed by atoms with Gasteiger partial charge in [-0.3, -0.25) is 4.79 Å². The summed E-state index contributed by atoms with van der Waals surface area (Å²) in [4.78, 5) is 25.8. The van der Waals surface area contributed by atoms with E-state index in [9.17, 15) is 9.59 Å². The van der Waals surface area contributed by atoms with Crippen LogP contribution in [-0.4, -0.2) is 31.0 Å². The van der Waals surface area contributed by atoms with E-state index >= 15 is 0 Å². The molecule has 3 aromatic rings. The second-order valence-electron chi connectivity index (χ2n) is 5.44. The zero-order chi connectivity index (χ0) is 17.8. The third-order valence-electron chi connectivity index (χ3n) is 3.92. The molecule has 6 heteroatoms. The molecule has 1 aromatic heterocycles. The van der Waals surface area contributed by atoms with Gasteiger partial charge in [-0.1, -0.05) is 11.6 Å². The number of carbonyl (C=O) groups is 2. The summed E-state index contributed by atoms with van der Waals surface area (Å²) < 4.78 is 10.4. The molecule has 0 bridgehead atoms. The van der Waals surface area contributed by atoms with Gasteiger partial charge >= 0.3 is 5.97 Å². The monoisotopic (exact) mass is 357 g/mol. The van der Waals surface area contributed by atoms with Crippen molar-refractivity contribution in [3.05, 3.63) is 64.3 Å². The van der Waals surface area contributed by atoms with Crippen LogP contribution >= 0.6 is 11.6 Å². The van der Waals surface area contributed by atoms with E-state index in [4.69, 9.17) is 16.3 Å².